The Morgan fingerprint density at radius 2 is 0.717 bits per heavy atom. The average molecular weight is 781 g/mol. The second-order valence-electron chi connectivity index (χ2n) is 17.0. The van der Waals surface area contributed by atoms with Crippen LogP contribution in [-0.2, 0) is 6.42 Å². The number of aryl methyl sites for hydroxylation is 9. The summed E-state index contributed by atoms with van der Waals surface area (Å²) < 4.78 is 0. The molecule has 7 aromatic rings. The Balaban J connectivity index is 1.51. The first kappa shape index (κ1) is 38.7. The van der Waals surface area contributed by atoms with E-state index in [2.05, 4.69) is 188 Å². The Morgan fingerprint density at radius 3 is 1.07 bits per heavy atom. The predicted octanol–water partition coefficient (Wildman–Crippen LogP) is 14.8. The summed E-state index contributed by atoms with van der Waals surface area (Å²) in [6, 6.07) is 31.5. The first-order chi connectivity index (χ1) is 28.9. The molecule has 0 atom stereocenters. The van der Waals surface area contributed by atoms with Gasteiger partial charge in [-0.1, -0.05) is 83.4 Å². The van der Waals surface area contributed by atoms with Gasteiger partial charge in [0.15, 0.2) is 0 Å². The topological polar surface area (TPSA) is 57.4 Å². The molecule has 0 spiro atoms. The van der Waals surface area contributed by atoms with Crippen LogP contribution in [0.3, 0.4) is 0 Å². The van der Waals surface area contributed by atoms with Gasteiger partial charge in [0.2, 0.25) is 0 Å². The van der Waals surface area contributed by atoms with Gasteiger partial charge < -0.3 is 9.97 Å². The number of benzene rings is 4. The third kappa shape index (κ3) is 6.76. The summed E-state index contributed by atoms with van der Waals surface area (Å²) >= 11 is 0. The van der Waals surface area contributed by atoms with Crippen LogP contribution < -0.4 is 0 Å². The highest BCUT2D eigenvalue weighted by atomic mass is 14.8. The van der Waals surface area contributed by atoms with Crippen molar-refractivity contribution in [1.29, 1.82) is 0 Å². The minimum Gasteiger partial charge on any atom is -0.354 e. The van der Waals surface area contributed by atoms with E-state index in [4.69, 9.17) is 9.97 Å². The fourth-order valence-corrected chi connectivity index (χ4v) is 10.00. The van der Waals surface area contributed by atoms with E-state index >= 15 is 0 Å². The van der Waals surface area contributed by atoms with E-state index in [0.29, 0.717) is 0 Å². The number of nitrogens with zero attached hydrogens (tertiary/aromatic N) is 2. The fourth-order valence-electron chi connectivity index (χ4n) is 10.00. The van der Waals surface area contributed by atoms with Crippen LogP contribution in [0.2, 0.25) is 0 Å². The Hall–Kier alpha value is -6.78. The van der Waals surface area contributed by atoms with Gasteiger partial charge in [-0.2, -0.15) is 0 Å². The number of aromatic nitrogens is 4. The highest BCUT2D eigenvalue weighted by Gasteiger charge is 2.23. The van der Waals surface area contributed by atoms with Gasteiger partial charge >= 0.3 is 0 Å². The molecule has 4 nitrogen and oxygen atoms in total. The van der Waals surface area contributed by atoms with E-state index in [-0.39, 0.29) is 0 Å². The van der Waals surface area contributed by atoms with Crippen molar-refractivity contribution in [3.05, 3.63) is 176 Å². The van der Waals surface area contributed by atoms with Crippen molar-refractivity contribution in [2.75, 3.05) is 0 Å². The second-order valence-corrected chi connectivity index (χ2v) is 17.0. The van der Waals surface area contributed by atoms with Crippen LogP contribution in [0.1, 0.15) is 78.4 Å². The van der Waals surface area contributed by atoms with E-state index in [1.165, 1.54) is 72.3 Å². The van der Waals surface area contributed by atoms with Gasteiger partial charge in [-0.3, -0.25) is 0 Å². The first-order valence-corrected chi connectivity index (χ1v) is 21.0. The zero-order valence-electron chi connectivity index (χ0n) is 36.3. The number of fused-ring (bicyclic) bond motifs is 8. The van der Waals surface area contributed by atoms with Crippen molar-refractivity contribution in [3.8, 4) is 44.5 Å². The summed E-state index contributed by atoms with van der Waals surface area (Å²) in [5, 5.41) is 0. The van der Waals surface area contributed by atoms with Crippen molar-refractivity contribution in [1.82, 2.24) is 19.9 Å². The van der Waals surface area contributed by atoms with Crippen molar-refractivity contribution in [2.45, 2.75) is 68.7 Å². The summed E-state index contributed by atoms with van der Waals surface area (Å²) in [4.78, 5) is 19.1. The molecule has 0 radical (unpaired) electrons. The van der Waals surface area contributed by atoms with E-state index < -0.39 is 0 Å². The van der Waals surface area contributed by atoms with Gasteiger partial charge in [-0.15, -0.1) is 6.58 Å². The number of hydrogen-bond donors (Lipinski definition) is 2. The SMILES string of the molecule is C=CCc1ccc(-c2c3ccc([nH]3)c(-c3c(C)cc(C)cc3C)c3nc(c(-c4c(C)cc(C)cc4C)c4nc(c(-c5c(C)cc(C)cc5C)c5ccc2[nH]5)C=C4)C=C3)cc1. The summed E-state index contributed by atoms with van der Waals surface area (Å²) in [5.74, 6) is 0. The second kappa shape index (κ2) is 15.1. The maximum atomic E-state index is 5.60. The molecule has 296 valence electrons. The normalized spacial score (nSPS) is 12.1. The van der Waals surface area contributed by atoms with E-state index in [1.54, 1.807) is 0 Å². The molecule has 2 aliphatic heterocycles. The van der Waals surface area contributed by atoms with Crippen LogP contribution in [0.5, 0.6) is 0 Å². The van der Waals surface area contributed by atoms with Crippen molar-refractivity contribution < 1.29 is 0 Å². The highest BCUT2D eigenvalue weighted by molar-refractivity contribution is 6.01. The molecule has 0 saturated carbocycles. The molecule has 0 fully saturated rings. The van der Waals surface area contributed by atoms with Crippen molar-refractivity contribution >= 4 is 46.4 Å². The molecule has 0 aliphatic carbocycles. The number of nitrogens with one attached hydrogen (secondary N) is 2. The lowest BCUT2D eigenvalue weighted by Crippen LogP contribution is -1.97. The smallest absolute Gasteiger partial charge is 0.0738 e. The molecule has 0 amide bonds. The maximum absolute atomic E-state index is 5.60. The van der Waals surface area contributed by atoms with Gasteiger partial charge in [0.25, 0.3) is 0 Å². The van der Waals surface area contributed by atoms with E-state index in [0.717, 1.165) is 79.1 Å². The molecule has 8 bridgehead atoms. The lowest BCUT2D eigenvalue weighted by Gasteiger charge is -2.14. The van der Waals surface area contributed by atoms with Gasteiger partial charge in [0.1, 0.15) is 0 Å². The van der Waals surface area contributed by atoms with Crippen LogP contribution in [0, 0.1) is 62.3 Å². The molecule has 0 unspecified atom stereocenters. The Bertz CT molecular complexity index is 2930. The molecule has 3 aromatic heterocycles. The minimum atomic E-state index is 0.821. The lowest BCUT2D eigenvalue weighted by molar-refractivity contribution is 1.24. The molecule has 2 N–H and O–H groups in total. The van der Waals surface area contributed by atoms with Crippen molar-refractivity contribution in [2.24, 2.45) is 0 Å². The first-order valence-electron chi connectivity index (χ1n) is 21.0. The third-order valence-corrected chi connectivity index (χ3v) is 12.2. The molecular formula is C56H52N4. The lowest BCUT2D eigenvalue weighted by atomic mass is 9.92. The van der Waals surface area contributed by atoms with Gasteiger partial charge in [-0.05, 0) is 179 Å². The van der Waals surface area contributed by atoms with Gasteiger partial charge in [0, 0.05) is 44.3 Å². The maximum Gasteiger partial charge on any atom is 0.0738 e. The van der Waals surface area contributed by atoms with Crippen LogP contribution in [-0.4, -0.2) is 19.9 Å². The number of hydrogen-bond acceptors (Lipinski definition) is 2. The Kier molecular flexibility index (Phi) is 9.75. The van der Waals surface area contributed by atoms with Gasteiger partial charge in [-0.25, -0.2) is 9.97 Å². The molecule has 4 aromatic carbocycles. The summed E-state index contributed by atoms with van der Waals surface area (Å²) in [6.07, 6.45) is 11.6. The largest absolute Gasteiger partial charge is 0.354 e. The Morgan fingerprint density at radius 1 is 0.400 bits per heavy atom. The monoisotopic (exact) mass is 780 g/mol. The molecule has 60 heavy (non-hydrogen) atoms. The highest BCUT2D eigenvalue weighted by Crippen LogP contribution is 2.42. The molecule has 5 heterocycles. The third-order valence-electron chi connectivity index (χ3n) is 12.2. The summed E-state index contributed by atoms with van der Waals surface area (Å²) in [6.45, 7) is 23.8. The van der Waals surface area contributed by atoms with Crippen LogP contribution >= 0.6 is 0 Å². The molecule has 0 saturated heterocycles. The Labute approximate surface area is 354 Å². The van der Waals surface area contributed by atoms with E-state index in [9.17, 15) is 0 Å². The standard InChI is InChI=1S/C56H52N4/c1-11-12-40-13-15-41(16-14-40)53-42-17-19-44(57-42)54(50-34(5)25-31(2)26-35(50)6)46-21-23-48(59-46)56(52-38(9)29-33(4)30-39(52)10)49-24-22-47(60-49)55(45-20-18-43(53)58-45)51-36(7)27-32(3)28-37(51)8/h11,13-30,57-58H,1,12H2,2-10H3. The minimum absolute atomic E-state index is 0.821. The molecule has 2 aliphatic rings. The van der Waals surface area contributed by atoms with Gasteiger partial charge in [0.05, 0.1) is 22.8 Å². The predicted molar refractivity (Wildman–Crippen MR) is 257 cm³/mol. The average Bonchev–Trinajstić information content (AvgIpc) is 4.02. The number of rotatable bonds is 6. The molecular weight excluding hydrogens is 729 g/mol. The van der Waals surface area contributed by atoms with Crippen LogP contribution in [0.15, 0.2) is 97.6 Å². The van der Waals surface area contributed by atoms with E-state index in [1.807, 2.05) is 6.08 Å². The number of H-pyrrole nitrogens is 2. The number of allylic oxidation sites excluding steroid dienone is 1. The van der Waals surface area contributed by atoms with Crippen LogP contribution in [0.25, 0.3) is 90.9 Å². The quantitative estimate of drug-likeness (QED) is 0.165. The number of aromatic amines is 2. The fraction of sp³-hybridized carbons (Fsp3) is 0.179. The van der Waals surface area contributed by atoms with Crippen molar-refractivity contribution in [3.63, 3.8) is 0 Å². The van der Waals surface area contributed by atoms with Crippen LogP contribution in [0.4, 0.5) is 0 Å². The zero-order chi connectivity index (χ0) is 42.0. The summed E-state index contributed by atoms with van der Waals surface area (Å²) in [7, 11) is 0. The molecule has 9 rings (SSSR count). The molecule has 4 heteroatoms. The summed E-state index contributed by atoms with van der Waals surface area (Å²) in [5.41, 5.74) is 28.9. The zero-order valence-corrected chi connectivity index (χ0v) is 36.3.